The van der Waals surface area contributed by atoms with E-state index in [0.29, 0.717) is 11.4 Å². The summed E-state index contributed by atoms with van der Waals surface area (Å²) in [7, 11) is 1.54. The van der Waals surface area contributed by atoms with Gasteiger partial charge >= 0.3 is 5.69 Å². The number of aromatic nitrogens is 2. The average molecular weight is 250 g/mol. The van der Waals surface area contributed by atoms with Crippen LogP contribution < -0.4 is 10.4 Å². The molecule has 96 valence electrons. The average Bonchev–Trinajstić information content (AvgIpc) is 2.65. The van der Waals surface area contributed by atoms with Gasteiger partial charge in [-0.25, -0.2) is 9.36 Å². The minimum atomic E-state index is -0.947. The Hall–Kier alpha value is -2.21. The van der Waals surface area contributed by atoms with Crippen molar-refractivity contribution in [3.63, 3.8) is 0 Å². The number of ether oxygens (including phenoxy) is 1. The number of aliphatic hydroxyl groups is 1. The third-order valence-corrected chi connectivity index (χ3v) is 2.65. The number of hydrogen-bond acceptors (Lipinski definition) is 4. The molecule has 1 aromatic heterocycles. The largest absolute Gasteiger partial charge is 0.497 e. The smallest absolute Gasteiger partial charge is 0.333 e. The van der Waals surface area contributed by atoms with Crippen molar-refractivity contribution in [2.75, 3.05) is 7.11 Å². The summed E-state index contributed by atoms with van der Waals surface area (Å²) in [6.07, 6.45) is -0.947. The molecule has 6 heteroatoms. The molecule has 1 aromatic carbocycles. The zero-order chi connectivity index (χ0) is 13.3. The number of nitrogens with zero attached hydrogens (tertiary/aromatic N) is 1. The van der Waals surface area contributed by atoms with Gasteiger partial charge in [-0.3, -0.25) is 0 Å². The van der Waals surface area contributed by atoms with E-state index in [2.05, 4.69) is 4.98 Å². The highest BCUT2D eigenvalue weighted by molar-refractivity contribution is 5.41. The summed E-state index contributed by atoms with van der Waals surface area (Å²) in [5.41, 5.74) is 0.0748. The maximum Gasteiger partial charge on any atom is 0.333 e. The van der Waals surface area contributed by atoms with Gasteiger partial charge in [0.1, 0.15) is 11.4 Å². The lowest BCUT2D eigenvalue weighted by Crippen LogP contribution is -2.14. The van der Waals surface area contributed by atoms with E-state index >= 15 is 0 Å². The Morgan fingerprint density at radius 1 is 1.33 bits per heavy atom. The molecule has 18 heavy (non-hydrogen) atoms. The van der Waals surface area contributed by atoms with Crippen LogP contribution >= 0.6 is 0 Å². The predicted molar refractivity (Wildman–Crippen MR) is 65.2 cm³/mol. The second-order valence-electron chi connectivity index (χ2n) is 3.88. The van der Waals surface area contributed by atoms with Crippen LogP contribution in [0.15, 0.2) is 29.1 Å². The van der Waals surface area contributed by atoms with E-state index in [1.54, 1.807) is 31.4 Å². The molecule has 0 fully saturated rings. The fourth-order valence-corrected chi connectivity index (χ4v) is 1.71. The van der Waals surface area contributed by atoms with Crippen LogP contribution in [0.2, 0.25) is 0 Å². The molecule has 0 spiro atoms. The van der Waals surface area contributed by atoms with Crippen LogP contribution in [0, 0.1) is 0 Å². The molecule has 0 aliphatic heterocycles. The number of H-pyrrole nitrogens is 1. The number of imidazole rings is 1. The molecule has 2 aromatic rings. The quantitative estimate of drug-likeness (QED) is 0.756. The van der Waals surface area contributed by atoms with E-state index in [1.807, 2.05) is 0 Å². The third kappa shape index (κ3) is 1.98. The third-order valence-electron chi connectivity index (χ3n) is 2.65. The van der Waals surface area contributed by atoms with Gasteiger partial charge < -0.3 is 19.9 Å². The summed E-state index contributed by atoms with van der Waals surface area (Å²) in [6, 6.07) is 6.63. The van der Waals surface area contributed by atoms with Crippen molar-refractivity contribution in [3.8, 4) is 17.3 Å². The number of hydrogen-bond donors (Lipinski definition) is 3. The van der Waals surface area contributed by atoms with E-state index in [4.69, 9.17) is 4.74 Å². The van der Waals surface area contributed by atoms with E-state index in [0.717, 1.165) is 4.57 Å². The standard InChI is InChI=1S/C12H14N2O4/c1-7(15)10-11(16)14(12(17)13-10)8-3-5-9(18-2)6-4-8/h3-7,15-16H,1-2H3,(H,13,17). The van der Waals surface area contributed by atoms with Crippen LogP contribution in [-0.2, 0) is 0 Å². The van der Waals surface area contributed by atoms with Crippen LogP contribution in [0.5, 0.6) is 11.6 Å². The molecule has 2 rings (SSSR count). The van der Waals surface area contributed by atoms with Crippen molar-refractivity contribution in [2.45, 2.75) is 13.0 Å². The highest BCUT2D eigenvalue weighted by atomic mass is 16.5. The van der Waals surface area contributed by atoms with Crippen LogP contribution in [0.1, 0.15) is 18.7 Å². The molecule has 0 saturated carbocycles. The zero-order valence-electron chi connectivity index (χ0n) is 10.0. The Labute approximate surface area is 103 Å². The number of methoxy groups -OCH3 is 1. The van der Waals surface area contributed by atoms with E-state index in [1.165, 1.54) is 6.92 Å². The number of nitrogens with one attached hydrogen (secondary N) is 1. The van der Waals surface area contributed by atoms with Crippen LogP contribution in [-0.4, -0.2) is 26.9 Å². The normalized spacial score (nSPS) is 12.4. The monoisotopic (exact) mass is 250 g/mol. The number of aliphatic hydroxyl groups excluding tert-OH is 1. The Kier molecular flexibility index (Phi) is 3.12. The Balaban J connectivity index is 2.53. The highest BCUT2D eigenvalue weighted by Gasteiger charge is 2.17. The molecule has 1 heterocycles. The predicted octanol–water partition coefficient (Wildman–Crippen LogP) is 0.933. The van der Waals surface area contributed by atoms with Crippen LogP contribution in [0.3, 0.4) is 0 Å². The van der Waals surface area contributed by atoms with E-state index in [9.17, 15) is 15.0 Å². The van der Waals surface area contributed by atoms with Gasteiger partial charge in [-0.2, -0.15) is 0 Å². The van der Waals surface area contributed by atoms with Gasteiger partial charge in [0.25, 0.3) is 0 Å². The molecule has 0 bridgehead atoms. The number of aromatic hydroxyl groups is 1. The molecule has 6 nitrogen and oxygen atoms in total. The van der Waals surface area contributed by atoms with Gasteiger partial charge in [0, 0.05) is 0 Å². The molecule has 0 radical (unpaired) electrons. The zero-order valence-corrected chi connectivity index (χ0v) is 10.0. The summed E-state index contributed by atoms with van der Waals surface area (Å²) in [5.74, 6) is 0.359. The maximum absolute atomic E-state index is 11.7. The SMILES string of the molecule is COc1ccc(-n2c(O)c(C(C)O)[nH]c2=O)cc1. The summed E-state index contributed by atoms with van der Waals surface area (Å²) in [5, 5.41) is 19.3. The molecule has 0 aliphatic rings. The highest BCUT2D eigenvalue weighted by Crippen LogP contribution is 2.24. The summed E-state index contributed by atoms with van der Waals surface area (Å²) >= 11 is 0. The minimum absolute atomic E-state index is 0.0934. The molecule has 0 aliphatic carbocycles. The van der Waals surface area contributed by atoms with Gasteiger partial charge in [0.05, 0.1) is 18.9 Å². The second kappa shape index (κ2) is 4.58. The summed E-state index contributed by atoms with van der Waals surface area (Å²) < 4.78 is 6.10. The molecule has 1 atom stereocenters. The first-order chi connectivity index (χ1) is 8.54. The maximum atomic E-state index is 11.7. The van der Waals surface area contributed by atoms with E-state index < -0.39 is 11.8 Å². The van der Waals surface area contributed by atoms with Gasteiger partial charge in [0.2, 0.25) is 5.88 Å². The summed E-state index contributed by atoms with van der Waals surface area (Å²) in [4.78, 5) is 14.1. The van der Waals surface area contributed by atoms with Crippen molar-refractivity contribution in [3.05, 3.63) is 40.4 Å². The fourth-order valence-electron chi connectivity index (χ4n) is 1.71. The Morgan fingerprint density at radius 2 is 1.94 bits per heavy atom. The number of benzene rings is 1. The Morgan fingerprint density at radius 3 is 2.39 bits per heavy atom. The molecule has 0 saturated heterocycles. The lowest BCUT2D eigenvalue weighted by Gasteiger charge is -2.06. The van der Waals surface area contributed by atoms with Gasteiger partial charge in [-0.15, -0.1) is 0 Å². The lowest BCUT2D eigenvalue weighted by molar-refractivity contribution is 0.190. The topological polar surface area (TPSA) is 87.5 Å². The van der Waals surface area contributed by atoms with E-state index in [-0.39, 0.29) is 11.6 Å². The first-order valence-corrected chi connectivity index (χ1v) is 5.41. The lowest BCUT2D eigenvalue weighted by atomic mass is 10.3. The van der Waals surface area contributed by atoms with Crippen molar-refractivity contribution in [1.82, 2.24) is 9.55 Å². The van der Waals surface area contributed by atoms with Gasteiger partial charge in [-0.1, -0.05) is 0 Å². The first kappa shape index (κ1) is 12.3. The second-order valence-corrected chi connectivity index (χ2v) is 3.88. The molecule has 0 amide bonds. The molecule has 1 unspecified atom stereocenters. The molecular formula is C12H14N2O4. The van der Waals surface area contributed by atoms with Crippen molar-refractivity contribution < 1.29 is 14.9 Å². The summed E-state index contributed by atoms with van der Waals surface area (Å²) in [6.45, 7) is 1.46. The van der Waals surface area contributed by atoms with Crippen LogP contribution in [0.4, 0.5) is 0 Å². The van der Waals surface area contributed by atoms with Crippen molar-refractivity contribution >= 4 is 0 Å². The molecular weight excluding hydrogens is 236 g/mol. The molecule has 3 N–H and O–H groups in total. The van der Waals surface area contributed by atoms with Gasteiger partial charge in [-0.05, 0) is 31.2 Å². The van der Waals surface area contributed by atoms with Crippen molar-refractivity contribution in [2.24, 2.45) is 0 Å². The van der Waals surface area contributed by atoms with Gasteiger partial charge in [0.15, 0.2) is 0 Å². The van der Waals surface area contributed by atoms with Crippen molar-refractivity contribution in [1.29, 1.82) is 0 Å². The van der Waals surface area contributed by atoms with Crippen LogP contribution in [0.25, 0.3) is 5.69 Å². The number of aromatic amines is 1. The number of rotatable bonds is 3. The fraction of sp³-hybridized carbons (Fsp3) is 0.250. The first-order valence-electron chi connectivity index (χ1n) is 5.41. The Bertz CT molecular complexity index is 596. The minimum Gasteiger partial charge on any atom is -0.497 e.